The van der Waals surface area contributed by atoms with Gasteiger partial charge in [0, 0.05) is 12.1 Å². The minimum atomic E-state index is -0.688. The molecule has 0 aliphatic heterocycles. The number of methoxy groups -OCH3 is 1. The summed E-state index contributed by atoms with van der Waals surface area (Å²) in [5.41, 5.74) is 1.11. The van der Waals surface area contributed by atoms with E-state index in [1.807, 2.05) is 0 Å². The fraction of sp³-hybridized carbons (Fsp3) is 0.429. The van der Waals surface area contributed by atoms with Crippen LogP contribution in [0, 0.1) is 17.0 Å². The highest BCUT2D eigenvalue weighted by molar-refractivity contribution is 5.73. The van der Waals surface area contributed by atoms with Crippen LogP contribution in [0.3, 0.4) is 0 Å². The number of non-ortho nitro benzene ring substituents is 1. The summed E-state index contributed by atoms with van der Waals surface area (Å²) in [4.78, 5) is 33.3. The third-order valence-electron chi connectivity index (χ3n) is 3.01. The summed E-state index contributed by atoms with van der Waals surface area (Å²) in [6, 6.07) is 3.52. The average Bonchev–Trinajstić information content (AvgIpc) is 2.46. The topological polar surface area (TPSA) is 108 Å². The van der Waals surface area contributed by atoms with Crippen molar-refractivity contribution in [1.82, 2.24) is 5.32 Å². The first kappa shape index (κ1) is 17.4. The Morgan fingerprint density at radius 2 is 2.09 bits per heavy atom. The number of nitrogens with zero attached hydrogens (tertiary/aromatic N) is 1. The molecule has 0 aromatic heterocycles. The van der Waals surface area contributed by atoms with E-state index < -0.39 is 23.0 Å². The van der Waals surface area contributed by atoms with E-state index in [4.69, 9.17) is 4.74 Å². The Hall–Kier alpha value is -2.64. The fourth-order valence-corrected chi connectivity index (χ4v) is 1.97. The average molecular weight is 310 g/mol. The summed E-state index contributed by atoms with van der Waals surface area (Å²) >= 11 is 0. The van der Waals surface area contributed by atoms with Crippen LogP contribution in [0.2, 0.25) is 0 Å². The van der Waals surface area contributed by atoms with Crippen LogP contribution in [-0.4, -0.2) is 30.7 Å². The molecule has 1 N–H and O–H groups in total. The molecule has 0 fully saturated rings. The molecule has 8 nitrogen and oxygen atoms in total. The number of rotatable bonds is 6. The van der Waals surface area contributed by atoms with Crippen molar-refractivity contribution in [2.75, 3.05) is 13.7 Å². The van der Waals surface area contributed by atoms with Crippen LogP contribution in [0.1, 0.15) is 30.5 Å². The molecule has 1 amide bonds. The number of benzene rings is 1. The molecule has 0 aliphatic rings. The highest BCUT2D eigenvalue weighted by Gasteiger charge is 2.22. The van der Waals surface area contributed by atoms with Gasteiger partial charge in [-0.2, -0.15) is 0 Å². The van der Waals surface area contributed by atoms with Gasteiger partial charge in [0.05, 0.1) is 31.1 Å². The molecule has 0 saturated carbocycles. The zero-order chi connectivity index (χ0) is 16.7. The van der Waals surface area contributed by atoms with E-state index in [0.29, 0.717) is 11.1 Å². The molecule has 0 radical (unpaired) electrons. The van der Waals surface area contributed by atoms with E-state index in [9.17, 15) is 19.7 Å². The third kappa shape index (κ3) is 4.72. The number of carbonyl (C=O) groups is 2. The standard InChI is InChI=1S/C14H18N2O6/c1-4-22-14(18)15-12(8-13(17)21-3)11-6-5-10(16(19)20)7-9(11)2/h5-7,12H,4,8H2,1-3H3,(H,15,18). The van der Waals surface area contributed by atoms with Crippen molar-refractivity contribution in [3.63, 3.8) is 0 Å². The SMILES string of the molecule is CCOC(=O)NC(CC(=O)OC)c1ccc([N+](=O)[O-])cc1C. The summed E-state index contributed by atoms with van der Waals surface area (Å²) in [5.74, 6) is -0.514. The van der Waals surface area contributed by atoms with E-state index in [1.54, 1.807) is 13.8 Å². The van der Waals surface area contributed by atoms with Crippen molar-refractivity contribution in [2.45, 2.75) is 26.3 Å². The van der Waals surface area contributed by atoms with Gasteiger partial charge in [-0.25, -0.2) is 4.79 Å². The van der Waals surface area contributed by atoms with Gasteiger partial charge in [0.1, 0.15) is 0 Å². The molecular weight excluding hydrogens is 292 g/mol. The van der Waals surface area contributed by atoms with E-state index in [-0.39, 0.29) is 18.7 Å². The maximum absolute atomic E-state index is 11.6. The van der Waals surface area contributed by atoms with Crippen LogP contribution in [-0.2, 0) is 14.3 Å². The van der Waals surface area contributed by atoms with Crippen molar-refractivity contribution in [1.29, 1.82) is 0 Å². The van der Waals surface area contributed by atoms with E-state index in [2.05, 4.69) is 10.1 Å². The Labute approximate surface area is 127 Å². The molecule has 1 unspecified atom stereocenters. The second kappa shape index (κ2) is 7.96. The van der Waals surface area contributed by atoms with Gasteiger partial charge in [-0.05, 0) is 31.0 Å². The highest BCUT2D eigenvalue weighted by atomic mass is 16.6. The molecule has 1 rings (SSSR count). The van der Waals surface area contributed by atoms with Gasteiger partial charge < -0.3 is 14.8 Å². The van der Waals surface area contributed by atoms with Crippen LogP contribution in [0.4, 0.5) is 10.5 Å². The number of aryl methyl sites for hydroxylation is 1. The van der Waals surface area contributed by atoms with E-state index >= 15 is 0 Å². The second-order valence-corrected chi connectivity index (χ2v) is 4.50. The second-order valence-electron chi connectivity index (χ2n) is 4.50. The van der Waals surface area contributed by atoms with Crippen LogP contribution in [0.25, 0.3) is 0 Å². The first-order chi connectivity index (χ1) is 10.4. The number of carbonyl (C=O) groups excluding carboxylic acids is 2. The fourth-order valence-electron chi connectivity index (χ4n) is 1.97. The maximum atomic E-state index is 11.6. The van der Waals surface area contributed by atoms with Gasteiger partial charge in [0.2, 0.25) is 0 Å². The van der Waals surface area contributed by atoms with Crippen molar-refractivity contribution < 1.29 is 24.0 Å². The zero-order valence-corrected chi connectivity index (χ0v) is 12.6. The van der Waals surface area contributed by atoms with Crippen molar-refractivity contribution >= 4 is 17.7 Å². The molecule has 0 saturated heterocycles. The Bertz CT molecular complexity index is 572. The number of amides is 1. The zero-order valence-electron chi connectivity index (χ0n) is 12.6. The van der Waals surface area contributed by atoms with Crippen LogP contribution < -0.4 is 5.32 Å². The smallest absolute Gasteiger partial charge is 0.407 e. The molecule has 0 heterocycles. The van der Waals surface area contributed by atoms with Gasteiger partial charge in [-0.15, -0.1) is 0 Å². The van der Waals surface area contributed by atoms with Gasteiger partial charge in [0.25, 0.3) is 5.69 Å². The third-order valence-corrected chi connectivity index (χ3v) is 3.01. The lowest BCUT2D eigenvalue weighted by Crippen LogP contribution is -2.31. The van der Waals surface area contributed by atoms with Crippen LogP contribution >= 0.6 is 0 Å². The Morgan fingerprint density at radius 3 is 2.59 bits per heavy atom. The molecule has 0 bridgehead atoms. The summed E-state index contributed by atoms with van der Waals surface area (Å²) in [5, 5.41) is 13.3. The number of hydrogen-bond acceptors (Lipinski definition) is 6. The number of nitro groups is 1. The summed E-state index contributed by atoms with van der Waals surface area (Å²) in [6.07, 6.45) is -0.775. The number of alkyl carbamates (subject to hydrolysis) is 1. The highest BCUT2D eigenvalue weighted by Crippen LogP contribution is 2.25. The maximum Gasteiger partial charge on any atom is 0.407 e. The predicted molar refractivity (Wildman–Crippen MR) is 77.4 cm³/mol. The molecular formula is C14H18N2O6. The van der Waals surface area contributed by atoms with E-state index in [1.165, 1.54) is 25.3 Å². The molecule has 1 aromatic carbocycles. The first-order valence-corrected chi connectivity index (χ1v) is 6.64. The normalized spacial score (nSPS) is 11.4. The van der Waals surface area contributed by atoms with Crippen molar-refractivity contribution in [2.24, 2.45) is 0 Å². The molecule has 1 atom stereocenters. The first-order valence-electron chi connectivity index (χ1n) is 6.64. The van der Waals surface area contributed by atoms with Crippen molar-refractivity contribution in [3.05, 3.63) is 39.4 Å². The minimum Gasteiger partial charge on any atom is -0.469 e. The Morgan fingerprint density at radius 1 is 1.41 bits per heavy atom. The lowest BCUT2D eigenvalue weighted by atomic mass is 9.98. The number of ether oxygens (including phenoxy) is 2. The molecule has 0 spiro atoms. The number of nitro benzene ring substituents is 1. The molecule has 0 aliphatic carbocycles. The largest absolute Gasteiger partial charge is 0.469 e. The lowest BCUT2D eigenvalue weighted by molar-refractivity contribution is -0.384. The number of hydrogen-bond donors (Lipinski definition) is 1. The van der Waals surface area contributed by atoms with Gasteiger partial charge in [0.15, 0.2) is 0 Å². The molecule has 22 heavy (non-hydrogen) atoms. The molecule has 8 heteroatoms. The Kier molecular flexibility index (Phi) is 6.30. The van der Waals surface area contributed by atoms with Gasteiger partial charge >= 0.3 is 12.1 Å². The number of esters is 1. The monoisotopic (exact) mass is 310 g/mol. The minimum absolute atomic E-state index is 0.0609. The quantitative estimate of drug-likeness (QED) is 0.490. The predicted octanol–water partition coefficient (Wildman–Crippen LogP) is 2.25. The molecule has 1 aromatic rings. The van der Waals surface area contributed by atoms with Gasteiger partial charge in [-0.3, -0.25) is 14.9 Å². The number of nitrogens with one attached hydrogen (secondary N) is 1. The van der Waals surface area contributed by atoms with Crippen molar-refractivity contribution in [3.8, 4) is 0 Å². The Balaban J connectivity index is 3.06. The van der Waals surface area contributed by atoms with Crippen LogP contribution in [0.5, 0.6) is 0 Å². The van der Waals surface area contributed by atoms with Crippen LogP contribution in [0.15, 0.2) is 18.2 Å². The van der Waals surface area contributed by atoms with Gasteiger partial charge in [-0.1, -0.05) is 0 Å². The summed E-state index contributed by atoms with van der Waals surface area (Å²) in [7, 11) is 1.24. The summed E-state index contributed by atoms with van der Waals surface area (Å²) < 4.78 is 9.41. The lowest BCUT2D eigenvalue weighted by Gasteiger charge is -2.19. The summed E-state index contributed by atoms with van der Waals surface area (Å²) in [6.45, 7) is 3.52. The molecule has 120 valence electrons. The van der Waals surface area contributed by atoms with E-state index in [0.717, 1.165) is 0 Å².